The van der Waals surface area contributed by atoms with E-state index in [2.05, 4.69) is 43.7 Å². The van der Waals surface area contributed by atoms with Gasteiger partial charge in [0.15, 0.2) is 0 Å². The lowest BCUT2D eigenvalue weighted by Gasteiger charge is -2.23. The molecule has 0 amide bonds. The van der Waals surface area contributed by atoms with Crippen molar-refractivity contribution in [3.05, 3.63) is 35.0 Å². The van der Waals surface area contributed by atoms with Crippen molar-refractivity contribution in [2.45, 2.75) is 44.9 Å². The number of rotatable bonds is 2. The summed E-state index contributed by atoms with van der Waals surface area (Å²) in [5, 5.41) is 1.46. The number of aromatic nitrogens is 1. The molecule has 1 unspecified atom stereocenters. The van der Waals surface area contributed by atoms with E-state index in [9.17, 15) is 0 Å². The van der Waals surface area contributed by atoms with Crippen LogP contribution in [-0.2, 0) is 13.5 Å². The van der Waals surface area contributed by atoms with E-state index in [1.54, 1.807) is 5.56 Å². The predicted molar refractivity (Wildman–Crippen MR) is 81.7 cm³/mol. The third-order valence-corrected chi connectivity index (χ3v) is 4.69. The van der Waals surface area contributed by atoms with E-state index in [4.69, 9.17) is 5.73 Å². The third-order valence-electron chi connectivity index (χ3n) is 4.69. The lowest BCUT2D eigenvalue weighted by molar-refractivity contribution is 0.534. The fourth-order valence-electron chi connectivity index (χ4n) is 3.59. The van der Waals surface area contributed by atoms with Crippen LogP contribution in [0.25, 0.3) is 10.9 Å². The minimum Gasteiger partial charge on any atom is -0.347 e. The third kappa shape index (κ3) is 1.90. The standard InChI is InChI=1S/C17H24N2/c1-11(2)12-7-8-16-15(9-12)14-6-4-5-13(10-18)17(14)19(16)3/h7-9,11,13H,4-6,10,18H2,1-3H3. The minimum absolute atomic E-state index is 0.545. The summed E-state index contributed by atoms with van der Waals surface area (Å²) in [4.78, 5) is 0. The maximum absolute atomic E-state index is 5.97. The second kappa shape index (κ2) is 4.68. The van der Waals surface area contributed by atoms with Gasteiger partial charge in [-0.1, -0.05) is 19.9 Å². The Morgan fingerprint density at radius 2 is 2.16 bits per heavy atom. The summed E-state index contributed by atoms with van der Waals surface area (Å²) in [7, 11) is 2.20. The molecule has 2 N–H and O–H groups in total. The molecule has 1 aromatic heterocycles. The van der Waals surface area contributed by atoms with Crippen LogP contribution in [0, 0.1) is 0 Å². The second-order valence-corrected chi connectivity index (χ2v) is 6.18. The number of benzene rings is 1. The molecule has 1 heterocycles. The summed E-state index contributed by atoms with van der Waals surface area (Å²) in [6.45, 7) is 5.30. The van der Waals surface area contributed by atoms with Gasteiger partial charge in [-0.25, -0.2) is 0 Å². The van der Waals surface area contributed by atoms with Gasteiger partial charge in [0, 0.05) is 36.1 Å². The van der Waals surface area contributed by atoms with Crippen LogP contribution in [0.3, 0.4) is 0 Å². The molecule has 102 valence electrons. The summed E-state index contributed by atoms with van der Waals surface area (Å²) in [6, 6.07) is 6.96. The van der Waals surface area contributed by atoms with Crippen LogP contribution >= 0.6 is 0 Å². The van der Waals surface area contributed by atoms with E-state index in [0.29, 0.717) is 11.8 Å². The van der Waals surface area contributed by atoms with Gasteiger partial charge in [0.05, 0.1) is 0 Å². The summed E-state index contributed by atoms with van der Waals surface area (Å²) < 4.78 is 2.38. The van der Waals surface area contributed by atoms with E-state index < -0.39 is 0 Å². The zero-order valence-corrected chi connectivity index (χ0v) is 12.2. The molecule has 1 atom stereocenters. The predicted octanol–water partition coefficient (Wildman–Crippen LogP) is 3.68. The maximum Gasteiger partial charge on any atom is 0.0483 e. The molecule has 0 saturated heterocycles. The van der Waals surface area contributed by atoms with Crippen molar-refractivity contribution in [2.75, 3.05) is 6.54 Å². The fourth-order valence-corrected chi connectivity index (χ4v) is 3.59. The van der Waals surface area contributed by atoms with Gasteiger partial charge in [-0.3, -0.25) is 0 Å². The van der Waals surface area contributed by atoms with Crippen molar-refractivity contribution in [3.8, 4) is 0 Å². The largest absolute Gasteiger partial charge is 0.347 e. The molecule has 2 nitrogen and oxygen atoms in total. The minimum atomic E-state index is 0.545. The Kier molecular flexibility index (Phi) is 3.14. The quantitative estimate of drug-likeness (QED) is 0.873. The number of hydrogen-bond acceptors (Lipinski definition) is 1. The molecule has 2 heteroatoms. The summed E-state index contributed by atoms with van der Waals surface area (Å²) >= 11 is 0. The molecule has 1 aliphatic carbocycles. The van der Waals surface area contributed by atoms with E-state index in [-0.39, 0.29) is 0 Å². The van der Waals surface area contributed by atoms with E-state index in [1.165, 1.54) is 41.4 Å². The summed E-state index contributed by atoms with van der Waals surface area (Å²) in [6.07, 6.45) is 3.73. The van der Waals surface area contributed by atoms with Gasteiger partial charge in [-0.2, -0.15) is 0 Å². The van der Waals surface area contributed by atoms with Gasteiger partial charge in [0.1, 0.15) is 0 Å². The highest BCUT2D eigenvalue weighted by Crippen LogP contribution is 2.38. The van der Waals surface area contributed by atoms with Crippen molar-refractivity contribution in [3.63, 3.8) is 0 Å². The Bertz CT molecular complexity index is 607. The Balaban J connectivity index is 2.26. The topological polar surface area (TPSA) is 30.9 Å². The fraction of sp³-hybridized carbons (Fsp3) is 0.529. The zero-order valence-electron chi connectivity index (χ0n) is 12.2. The summed E-state index contributed by atoms with van der Waals surface area (Å²) in [5.41, 5.74) is 11.8. The molecule has 19 heavy (non-hydrogen) atoms. The first-order valence-electron chi connectivity index (χ1n) is 7.44. The number of aryl methyl sites for hydroxylation is 2. The van der Waals surface area contributed by atoms with Gasteiger partial charge >= 0.3 is 0 Å². The molecule has 3 rings (SSSR count). The Hall–Kier alpha value is -1.28. The first-order chi connectivity index (χ1) is 9.13. The lowest BCUT2D eigenvalue weighted by Crippen LogP contribution is -2.20. The van der Waals surface area contributed by atoms with Crippen LogP contribution in [0.15, 0.2) is 18.2 Å². The molecule has 1 aliphatic rings. The average Bonchev–Trinajstić information content (AvgIpc) is 2.72. The molecule has 0 fully saturated rings. The van der Waals surface area contributed by atoms with E-state index >= 15 is 0 Å². The van der Waals surface area contributed by atoms with Gasteiger partial charge < -0.3 is 10.3 Å². The van der Waals surface area contributed by atoms with Gasteiger partial charge in [0.2, 0.25) is 0 Å². The Morgan fingerprint density at radius 1 is 1.37 bits per heavy atom. The van der Waals surface area contributed by atoms with Crippen LogP contribution < -0.4 is 5.73 Å². The number of nitrogens with two attached hydrogens (primary N) is 1. The number of fused-ring (bicyclic) bond motifs is 3. The molecule has 0 radical (unpaired) electrons. The molecular formula is C17H24N2. The van der Waals surface area contributed by atoms with Gasteiger partial charge in [0.25, 0.3) is 0 Å². The molecule has 2 aromatic rings. The van der Waals surface area contributed by atoms with E-state index in [0.717, 1.165) is 6.54 Å². The number of hydrogen-bond donors (Lipinski definition) is 1. The smallest absolute Gasteiger partial charge is 0.0483 e. The second-order valence-electron chi connectivity index (χ2n) is 6.18. The lowest BCUT2D eigenvalue weighted by atomic mass is 9.86. The normalized spacial score (nSPS) is 19.1. The highest BCUT2D eigenvalue weighted by molar-refractivity contribution is 5.87. The van der Waals surface area contributed by atoms with Gasteiger partial charge in [-0.05, 0) is 48.4 Å². The average molecular weight is 256 g/mol. The van der Waals surface area contributed by atoms with Crippen molar-refractivity contribution in [1.29, 1.82) is 0 Å². The van der Waals surface area contributed by atoms with Crippen LogP contribution in [-0.4, -0.2) is 11.1 Å². The highest BCUT2D eigenvalue weighted by atomic mass is 15.0. The van der Waals surface area contributed by atoms with Crippen molar-refractivity contribution in [1.82, 2.24) is 4.57 Å². The van der Waals surface area contributed by atoms with Crippen LogP contribution in [0.1, 0.15) is 55.3 Å². The van der Waals surface area contributed by atoms with Crippen molar-refractivity contribution >= 4 is 10.9 Å². The molecule has 0 bridgehead atoms. The maximum atomic E-state index is 5.97. The van der Waals surface area contributed by atoms with Crippen molar-refractivity contribution in [2.24, 2.45) is 12.8 Å². The molecule has 1 aromatic carbocycles. The zero-order chi connectivity index (χ0) is 13.6. The first kappa shape index (κ1) is 12.7. The van der Waals surface area contributed by atoms with Gasteiger partial charge in [-0.15, -0.1) is 0 Å². The summed E-state index contributed by atoms with van der Waals surface area (Å²) in [5.74, 6) is 1.14. The number of nitrogens with zero attached hydrogens (tertiary/aromatic N) is 1. The van der Waals surface area contributed by atoms with Crippen molar-refractivity contribution < 1.29 is 0 Å². The monoisotopic (exact) mass is 256 g/mol. The Labute approximate surface area is 115 Å². The molecular weight excluding hydrogens is 232 g/mol. The Morgan fingerprint density at radius 3 is 2.84 bits per heavy atom. The molecule has 0 spiro atoms. The van der Waals surface area contributed by atoms with Crippen LogP contribution in [0.4, 0.5) is 0 Å². The molecule has 0 saturated carbocycles. The van der Waals surface area contributed by atoms with Crippen LogP contribution in [0.5, 0.6) is 0 Å². The van der Waals surface area contributed by atoms with E-state index in [1.807, 2.05) is 0 Å². The SMILES string of the molecule is CC(C)c1ccc2c(c1)c1c(n2C)C(CN)CCC1. The molecule has 0 aliphatic heterocycles. The highest BCUT2D eigenvalue weighted by Gasteiger charge is 2.25. The first-order valence-corrected chi connectivity index (χ1v) is 7.44. The van der Waals surface area contributed by atoms with Crippen LogP contribution in [0.2, 0.25) is 0 Å².